The van der Waals surface area contributed by atoms with E-state index in [-0.39, 0.29) is 11.9 Å². The fourth-order valence-electron chi connectivity index (χ4n) is 2.98. The Morgan fingerprint density at radius 1 is 1.45 bits per heavy atom. The Labute approximate surface area is 129 Å². The van der Waals surface area contributed by atoms with Crippen LogP contribution < -0.4 is 5.32 Å². The summed E-state index contributed by atoms with van der Waals surface area (Å²) in [6.45, 7) is 5.45. The van der Waals surface area contributed by atoms with E-state index in [9.17, 15) is 4.79 Å². The zero-order chi connectivity index (χ0) is 15.7. The van der Waals surface area contributed by atoms with Gasteiger partial charge in [-0.25, -0.2) is 4.98 Å². The van der Waals surface area contributed by atoms with Crippen LogP contribution in [0.4, 0.5) is 0 Å². The first-order valence-electron chi connectivity index (χ1n) is 7.59. The van der Waals surface area contributed by atoms with Gasteiger partial charge in [0.15, 0.2) is 0 Å². The lowest BCUT2D eigenvalue weighted by molar-refractivity contribution is -0.132. The van der Waals surface area contributed by atoms with E-state index in [1.807, 2.05) is 20.9 Å². The van der Waals surface area contributed by atoms with Crippen LogP contribution in [0.3, 0.4) is 0 Å². The molecular formula is C15H22N6O. The summed E-state index contributed by atoms with van der Waals surface area (Å²) in [7, 11) is 1.84. The van der Waals surface area contributed by atoms with Gasteiger partial charge in [-0.05, 0) is 25.8 Å². The average Bonchev–Trinajstić information content (AvgIpc) is 3.11. The number of hydrogen-bond acceptors (Lipinski definition) is 4. The minimum absolute atomic E-state index is 0.0619. The van der Waals surface area contributed by atoms with E-state index < -0.39 is 0 Å². The quantitative estimate of drug-likeness (QED) is 0.773. The van der Waals surface area contributed by atoms with Crippen molar-refractivity contribution < 1.29 is 4.79 Å². The maximum Gasteiger partial charge on any atom is 0.245 e. The SMILES string of the molecule is Cc1n[nH]c(C)c1CCN(C)C(=O)[C@@H]1NCCc2[nH]cnc21. The van der Waals surface area contributed by atoms with Crippen LogP contribution in [-0.2, 0) is 17.6 Å². The third-order valence-corrected chi connectivity index (χ3v) is 4.35. The Hall–Kier alpha value is -2.15. The second-order valence-corrected chi connectivity index (χ2v) is 5.83. The number of carbonyl (C=O) groups excluding carboxylic acids is 1. The molecule has 0 saturated heterocycles. The Bertz CT molecular complexity index is 654. The molecule has 3 N–H and O–H groups in total. The number of carbonyl (C=O) groups is 1. The van der Waals surface area contributed by atoms with Crippen LogP contribution in [0.5, 0.6) is 0 Å². The van der Waals surface area contributed by atoms with Gasteiger partial charge in [-0.2, -0.15) is 5.10 Å². The van der Waals surface area contributed by atoms with Gasteiger partial charge >= 0.3 is 0 Å². The van der Waals surface area contributed by atoms with Crippen LogP contribution in [0.25, 0.3) is 0 Å². The van der Waals surface area contributed by atoms with E-state index in [1.54, 1.807) is 11.2 Å². The van der Waals surface area contributed by atoms with E-state index in [0.29, 0.717) is 6.54 Å². The minimum atomic E-state index is -0.341. The third-order valence-electron chi connectivity index (χ3n) is 4.35. The number of likely N-dealkylation sites (N-methyl/N-ethyl adjacent to an activating group) is 1. The molecule has 2 aromatic rings. The number of aromatic amines is 2. The number of rotatable bonds is 4. The molecule has 1 amide bonds. The van der Waals surface area contributed by atoms with Crippen LogP contribution in [0, 0.1) is 13.8 Å². The first-order chi connectivity index (χ1) is 10.6. The lowest BCUT2D eigenvalue weighted by Crippen LogP contribution is -2.43. The van der Waals surface area contributed by atoms with Gasteiger partial charge in [-0.3, -0.25) is 9.89 Å². The Balaban J connectivity index is 1.66. The highest BCUT2D eigenvalue weighted by Gasteiger charge is 2.30. The van der Waals surface area contributed by atoms with Gasteiger partial charge < -0.3 is 15.2 Å². The monoisotopic (exact) mass is 302 g/mol. The predicted molar refractivity (Wildman–Crippen MR) is 82.4 cm³/mol. The molecule has 118 valence electrons. The number of nitrogens with one attached hydrogen (secondary N) is 3. The Morgan fingerprint density at radius 2 is 2.27 bits per heavy atom. The van der Waals surface area contributed by atoms with Crippen molar-refractivity contribution in [2.45, 2.75) is 32.7 Å². The molecule has 0 aliphatic carbocycles. The van der Waals surface area contributed by atoms with Crippen molar-refractivity contribution in [2.24, 2.45) is 0 Å². The van der Waals surface area contributed by atoms with Gasteiger partial charge in [-0.1, -0.05) is 0 Å². The van der Waals surface area contributed by atoms with Crippen LogP contribution >= 0.6 is 0 Å². The summed E-state index contributed by atoms with van der Waals surface area (Å²) in [4.78, 5) is 21.9. The first kappa shape index (κ1) is 14.8. The molecule has 0 aromatic carbocycles. The van der Waals surface area contributed by atoms with Gasteiger partial charge in [0.05, 0.1) is 17.7 Å². The smallest absolute Gasteiger partial charge is 0.245 e. The van der Waals surface area contributed by atoms with E-state index in [0.717, 1.165) is 42.2 Å². The molecule has 3 rings (SSSR count). The predicted octanol–water partition coefficient (Wildman–Crippen LogP) is 0.638. The summed E-state index contributed by atoms with van der Waals surface area (Å²) in [5.74, 6) is 0.0619. The second kappa shape index (κ2) is 5.92. The van der Waals surface area contributed by atoms with Crippen molar-refractivity contribution in [3.63, 3.8) is 0 Å². The van der Waals surface area contributed by atoms with E-state index in [2.05, 4.69) is 25.5 Å². The number of aryl methyl sites for hydroxylation is 2. The molecule has 0 radical (unpaired) electrons. The molecule has 0 saturated carbocycles. The second-order valence-electron chi connectivity index (χ2n) is 5.83. The number of amides is 1. The zero-order valence-electron chi connectivity index (χ0n) is 13.2. The molecule has 0 unspecified atom stereocenters. The fraction of sp³-hybridized carbons (Fsp3) is 0.533. The standard InChI is InChI=1S/C15H22N6O/c1-9-11(10(2)20-19-9)5-7-21(3)15(22)14-13-12(4-6-16-14)17-8-18-13/h8,14,16H,4-7H2,1-3H3,(H,17,18)(H,19,20)/t14-/m1/s1. The summed E-state index contributed by atoms with van der Waals surface area (Å²) >= 11 is 0. The van der Waals surface area contributed by atoms with Gasteiger partial charge in [0.25, 0.3) is 0 Å². The van der Waals surface area contributed by atoms with Crippen LogP contribution in [0.2, 0.25) is 0 Å². The maximum atomic E-state index is 12.7. The maximum absolute atomic E-state index is 12.7. The van der Waals surface area contributed by atoms with Crippen molar-refractivity contribution in [1.82, 2.24) is 30.4 Å². The molecule has 2 aromatic heterocycles. The van der Waals surface area contributed by atoms with Crippen LogP contribution in [0.1, 0.15) is 34.4 Å². The van der Waals surface area contributed by atoms with Crippen molar-refractivity contribution >= 4 is 5.91 Å². The Kier molecular flexibility index (Phi) is 3.98. The molecule has 1 aliphatic heterocycles. The normalized spacial score (nSPS) is 17.3. The minimum Gasteiger partial charge on any atom is -0.348 e. The van der Waals surface area contributed by atoms with E-state index >= 15 is 0 Å². The summed E-state index contributed by atoms with van der Waals surface area (Å²) in [5, 5.41) is 10.4. The molecule has 0 bridgehead atoms. The van der Waals surface area contributed by atoms with Gasteiger partial charge in [0.2, 0.25) is 5.91 Å². The van der Waals surface area contributed by atoms with Crippen molar-refractivity contribution in [3.8, 4) is 0 Å². The number of nitrogens with zero attached hydrogens (tertiary/aromatic N) is 3. The van der Waals surface area contributed by atoms with Crippen LogP contribution in [0.15, 0.2) is 6.33 Å². The summed E-state index contributed by atoms with van der Waals surface area (Å²) in [6, 6.07) is -0.341. The number of aromatic nitrogens is 4. The number of imidazole rings is 1. The molecule has 3 heterocycles. The highest BCUT2D eigenvalue weighted by atomic mass is 16.2. The summed E-state index contributed by atoms with van der Waals surface area (Å²) in [6.07, 6.45) is 3.35. The number of H-pyrrole nitrogens is 2. The summed E-state index contributed by atoms with van der Waals surface area (Å²) in [5.41, 5.74) is 5.16. The summed E-state index contributed by atoms with van der Waals surface area (Å²) < 4.78 is 0. The highest BCUT2D eigenvalue weighted by molar-refractivity contribution is 5.83. The Morgan fingerprint density at radius 3 is 3.00 bits per heavy atom. The lowest BCUT2D eigenvalue weighted by Gasteiger charge is -2.27. The molecule has 1 aliphatic rings. The third kappa shape index (κ3) is 2.64. The van der Waals surface area contributed by atoms with Crippen molar-refractivity contribution in [2.75, 3.05) is 20.1 Å². The fourth-order valence-corrected chi connectivity index (χ4v) is 2.98. The van der Waals surface area contributed by atoms with E-state index in [4.69, 9.17) is 0 Å². The van der Waals surface area contributed by atoms with Crippen LogP contribution in [-0.4, -0.2) is 51.1 Å². The largest absolute Gasteiger partial charge is 0.348 e. The topological polar surface area (TPSA) is 89.7 Å². The average molecular weight is 302 g/mol. The van der Waals surface area contributed by atoms with Gasteiger partial charge in [0.1, 0.15) is 6.04 Å². The van der Waals surface area contributed by atoms with Gasteiger partial charge in [-0.15, -0.1) is 0 Å². The molecule has 7 heteroatoms. The van der Waals surface area contributed by atoms with Crippen molar-refractivity contribution in [1.29, 1.82) is 0 Å². The van der Waals surface area contributed by atoms with Gasteiger partial charge in [0, 0.05) is 37.9 Å². The highest BCUT2D eigenvalue weighted by Crippen LogP contribution is 2.21. The zero-order valence-corrected chi connectivity index (χ0v) is 13.2. The molecular weight excluding hydrogens is 280 g/mol. The number of fused-ring (bicyclic) bond motifs is 1. The number of hydrogen-bond donors (Lipinski definition) is 3. The van der Waals surface area contributed by atoms with E-state index in [1.165, 1.54) is 5.56 Å². The van der Waals surface area contributed by atoms with Crippen molar-refractivity contribution in [3.05, 3.63) is 34.7 Å². The molecule has 1 atom stereocenters. The first-order valence-corrected chi connectivity index (χ1v) is 7.59. The molecule has 22 heavy (non-hydrogen) atoms. The molecule has 0 fully saturated rings. The lowest BCUT2D eigenvalue weighted by atomic mass is 10.0. The molecule has 0 spiro atoms. The molecule has 7 nitrogen and oxygen atoms in total.